The van der Waals surface area contributed by atoms with Crippen LogP contribution in [-0.2, 0) is 28.5 Å². The minimum Gasteiger partial charge on any atom is -0.465 e. The van der Waals surface area contributed by atoms with Crippen LogP contribution < -0.4 is 0 Å². The zero-order valence-electron chi connectivity index (χ0n) is 11.3. The fourth-order valence-electron chi connectivity index (χ4n) is 3.27. The van der Waals surface area contributed by atoms with Gasteiger partial charge in [0.05, 0.1) is 12.7 Å². The van der Waals surface area contributed by atoms with Crippen LogP contribution in [0.3, 0.4) is 0 Å². The Balaban J connectivity index is 1.88. The van der Waals surface area contributed by atoms with Crippen molar-refractivity contribution in [2.24, 2.45) is 5.41 Å². The number of hydrogen-bond acceptors (Lipinski definition) is 6. The van der Waals surface area contributed by atoms with Crippen LogP contribution in [0.15, 0.2) is 0 Å². The van der Waals surface area contributed by atoms with E-state index in [1.807, 2.05) is 13.8 Å². The molecule has 2 bridgehead atoms. The summed E-state index contributed by atoms with van der Waals surface area (Å²) in [4.78, 5) is 24.2. The Labute approximate surface area is 111 Å². The average Bonchev–Trinajstić information content (AvgIpc) is 2.76. The van der Waals surface area contributed by atoms with Crippen LogP contribution >= 0.6 is 0 Å². The molecule has 4 atom stereocenters. The van der Waals surface area contributed by atoms with E-state index in [4.69, 9.17) is 18.9 Å². The van der Waals surface area contributed by atoms with Crippen molar-refractivity contribution in [3.63, 3.8) is 0 Å². The molecule has 6 heteroatoms. The van der Waals surface area contributed by atoms with E-state index in [2.05, 4.69) is 0 Å². The summed E-state index contributed by atoms with van der Waals surface area (Å²) in [6.07, 6.45) is -0.411. The average molecular weight is 270 g/mol. The SMILES string of the molecule is CCOC(=O)[C@@]12C[C@@H]3OC(C)(C)O[C@H]3[C@@H](C1)OC2=O. The molecule has 2 saturated heterocycles. The summed E-state index contributed by atoms with van der Waals surface area (Å²) in [6.45, 7) is 5.60. The molecule has 1 aliphatic carbocycles. The van der Waals surface area contributed by atoms with Gasteiger partial charge in [0.15, 0.2) is 11.2 Å². The molecule has 0 aromatic heterocycles. The first-order chi connectivity index (χ1) is 8.88. The predicted octanol–water partition coefficient (Wildman–Crippen LogP) is 0.775. The van der Waals surface area contributed by atoms with Crippen molar-refractivity contribution in [3.8, 4) is 0 Å². The van der Waals surface area contributed by atoms with Crippen molar-refractivity contribution in [1.29, 1.82) is 0 Å². The highest BCUT2D eigenvalue weighted by Crippen LogP contribution is 2.51. The van der Waals surface area contributed by atoms with E-state index in [9.17, 15) is 9.59 Å². The van der Waals surface area contributed by atoms with E-state index in [-0.39, 0.29) is 25.2 Å². The van der Waals surface area contributed by atoms with Crippen LogP contribution in [0.5, 0.6) is 0 Å². The standard InChI is InChI=1S/C13H18O6/c1-4-16-10(14)13-5-7(17-11(13)15)9-8(6-13)18-12(2,3)19-9/h7-9H,4-6H2,1-3H3/t7-,8+,9+,13+/m1/s1. The van der Waals surface area contributed by atoms with E-state index in [0.29, 0.717) is 6.42 Å². The van der Waals surface area contributed by atoms with Gasteiger partial charge < -0.3 is 18.9 Å². The molecule has 0 spiro atoms. The number of hydrogen-bond donors (Lipinski definition) is 0. The molecule has 106 valence electrons. The molecule has 0 aromatic carbocycles. The second kappa shape index (κ2) is 3.93. The summed E-state index contributed by atoms with van der Waals surface area (Å²) in [5.41, 5.74) is -1.20. The lowest BCUT2D eigenvalue weighted by atomic mass is 9.73. The molecule has 3 fully saturated rings. The Kier molecular flexibility index (Phi) is 2.66. The summed E-state index contributed by atoms with van der Waals surface area (Å²) in [5.74, 6) is -1.72. The van der Waals surface area contributed by atoms with Crippen molar-refractivity contribution in [2.45, 2.75) is 57.7 Å². The molecule has 0 unspecified atom stereocenters. The molecule has 2 heterocycles. The largest absolute Gasteiger partial charge is 0.465 e. The third kappa shape index (κ3) is 1.77. The second-order valence-corrected chi connectivity index (χ2v) is 5.79. The quantitative estimate of drug-likeness (QED) is 0.545. The molecule has 3 aliphatic rings. The summed E-state index contributed by atoms with van der Waals surface area (Å²) >= 11 is 0. The fourth-order valence-corrected chi connectivity index (χ4v) is 3.27. The van der Waals surface area contributed by atoms with Crippen LogP contribution in [-0.4, -0.2) is 42.6 Å². The van der Waals surface area contributed by atoms with Gasteiger partial charge in [0.1, 0.15) is 12.2 Å². The lowest BCUT2D eigenvalue weighted by Gasteiger charge is -2.31. The van der Waals surface area contributed by atoms with Crippen molar-refractivity contribution in [3.05, 3.63) is 0 Å². The van der Waals surface area contributed by atoms with E-state index >= 15 is 0 Å². The van der Waals surface area contributed by atoms with Crippen LogP contribution in [0.2, 0.25) is 0 Å². The third-order valence-corrected chi connectivity index (χ3v) is 4.00. The topological polar surface area (TPSA) is 71.1 Å². The zero-order chi connectivity index (χ0) is 13.8. The highest BCUT2D eigenvalue weighted by atomic mass is 16.8. The Morgan fingerprint density at radius 3 is 2.68 bits per heavy atom. The summed E-state index contributed by atoms with van der Waals surface area (Å²) in [6, 6.07) is 0. The number of carbonyl (C=O) groups excluding carboxylic acids is 2. The lowest BCUT2D eigenvalue weighted by molar-refractivity contribution is -0.174. The number of rotatable bonds is 2. The first-order valence-corrected chi connectivity index (χ1v) is 6.62. The van der Waals surface area contributed by atoms with E-state index in [1.165, 1.54) is 0 Å². The first-order valence-electron chi connectivity index (χ1n) is 6.62. The first kappa shape index (κ1) is 12.9. The van der Waals surface area contributed by atoms with Crippen LogP contribution in [0.25, 0.3) is 0 Å². The second-order valence-electron chi connectivity index (χ2n) is 5.79. The van der Waals surface area contributed by atoms with E-state index in [1.54, 1.807) is 6.92 Å². The van der Waals surface area contributed by atoms with Gasteiger partial charge in [-0.3, -0.25) is 9.59 Å². The number of carbonyl (C=O) groups is 2. The van der Waals surface area contributed by atoms with Gasteiger partial charge in [-0.1, -0.05) is 0 Å². The van der Waals surface area contributed by atoms with Crippen molar-refractivity contribution < 1.29 is 28.5 Å². The van der Waals surface area contributed by atoms with Gasteiger partial charge in [0.2, 0.25) is 0 Å². The van der Waals surface area contributed by atoms with Crippen LogP contribution in [0.4, 0.5) is 0 Å². The van der Waals surface area contributed by atoms with Gasteiger partial charge in [-0.2, -0.15) is 0 Å². The van der Waals surface area contributed by atoms with Gasteiger partial charge in [-0.15, -0.1) is 0 Å². The summed E-state index contributed by atoms with van der Waals surface area (Å²) < 4.78 is 21.9. The molecule has 0 aromatic rings. The third-order valence-electron chi connectivity index (χ3n) is 4.00. The van der Waals surface area contributed by atoms with Gasteiger partial charge in [0.25, 0.3) is 0 Å². The summed E-state index contributed by atoms with van der Waals surface area (Å²) in [7, 11) is 0. The lowest BCUT2D eigenvalue weighted by Crippen LogP contribution is -2.47. The minimum absolute atomic E-state index is 0.246. The van der Waals surface area contributed by atoms with Crippen molar-refractivity contribution >= 4 is 11.9 Å². The molecule has 1 saturated carbocycles. The van der Waals surface area contributed by atoms with Crippen molar-refractivity contribution in [1.82, 2.24) is 0 Å². The molecule has 3 rings (SSSR count). The number of fused-ring (bicyclic) bond motifs is 4. The predicted molar refractivity (Wildman–Crippen MR) is 62.0 cm³/mol. The Morgan fingerprint density at radius 2 is 2.00 bits per heavy atom. The zero-order valence-corrected chi connectivity index (χ0v) is 11.3. The number of ether oxygens (including phenoxy) is 4. The Hall–Kier alpha value is -1.14. The molecule has 0 radical (unpaired) electrons. The van der Waals surface area contributed by atoms with Crippen LogP contribution in [0, 0.1) is 5.41 Å². The minimum atomic E-state index is -1.20. The highest BCUT2D eigenvalue weighted by Gasteiger charge is 2.66. The fraction of sp³-hybridized carbons (Fsp3) is 0.846. The number of esters is 2. The van der Waals surface area contributed by atoms with Crippen molar-refractivity contribution in [2.75, 3.05) is 6.61 Å². The van der Waals surface area contributed by atoms with Crippen LogP contribution in [0.1, 0.15) is 33.6 Å². The molecule has 0 N–H and O–H groups in total. The van der Waals surface area contributed by atoms with Gasteiger partial charge in [-0.25, -0.2) is 0 Å². The molecule has 6 nitrogen and oxygen atoms in total. The van der Waals surface area contributed by atoms with E-state index in [0.717, 1.165) is 0 Å². The normalized spacial score (nSPS) is 42.7. The maximum atomic E-state index is 12.1. The van der Waals surface area contributed by atoms with Gasteiger partial charge >= 0.3 is 11.9 Å². The van der Waals surface area contributed by atoms with E-state index < -0.39 is 29.2 Å². The highest BCUT2D eigenvalue weighted by molar-refractivity contribution is 6.01. The smallest absolute Gasteiger partial charge is 0.324 e. The molecular formula is C13H18O6. The maximum Gasteiger partial charge on any atom is 0.324 e. The molecule has 19 heavy (non-hydrogen) atoms. The maximum absolute atomic E-state index is 12.1. The van der Waals surface area contributed by atoms with Gasteiger partial charge in [0, 0.05) is 12.8 Å². The monoisotopic (exact) mass is 270 g/mol. The molecule has 0 amide bonds. The molecule has 2 aliphatic heterocycles. The Morgan fingerprint density at radius 1 is 1.32 bits per heavy atom. The Bertz CT molecular complexity index is 431. The van der Waals surface area contributed by atoms with Gasteiger partial charge in [-0.05, 0) is 20.8 Å². The summed E-state index contributed by atoms with van der Waals surface area (Å²) in [5, 5.41) is 0. The molecular weight excluding hydrogens is 252 g/mol.